The fourth-order valence-corrected chi connectivity index (χ4v) is 13.6. The maximum Gasteiger partial charge on any atom is 0.278 e. The number of oxime groups is 1. The van der Waals surface area contributed by atoms with E-state index in [9.17, 15) is 0 Å². The van der Waals surface area contributed by atoms with Crippen molar-refractivity contribution in [2.24, 2.45) is 5.16 Å². The van der Waals surface area contributed by atoms with Crippen LogP contribution in [0.2, 0.25) is 177 Å². The largest absolute Gasteiger partial charge is 0.456 e. The third kappa shape index (κ3) is 26.9. The third-order valence-corrected chi connectivity index (χ3v) is 16.4. The van der Waals surface area contributed by atoms with Gasteiger partial charge in [-0.05, 0) is 177 Å². The van der Waals surface area contributed by atoms with Crippen molar-refractivity contribution in [3.05, 3.63) is 0 Å². The molecule has 0 aromatic heterocycles. The summed E-state index contributed by atoms with van der Waals surface area (Å²) in [5.41, 5.74) is 0.636. The maximum absolute atomic E-state index is 7.64. The zero-order valence-electron chi connectivity index (χ0n) is 43.7. The van der Waals surface area contributed by atoms with Crippen molar-refractivity contribution in [2.75, 3.05) is 19.8 Å². The first-order chi connectivity index (χ1) is 26.3. The monoisotopic (exact) mass is 1010 g/mol. The molecule has 1 fully saturated rings. The predicted molar refractivity (Wildman–Crippen MR) is 274 cm³/mol. The smallest absolute Gasteiger partial charge is 0.278 e. The molecular formula is C39H95NO11Si9. The summed E-state index contributed by atoms with van der Waals surface area (Å²) in [6.45, 7) is 60.0. The second-order valence-electron chi connectivity index (χ2n) is 25.2. The van der Waals surface area contributed by atoms with Crippen molar-refractivity contribution < 1.29 is 49.4 Å². The van der Waals surface area contributed by atoms with Gasteiger partial charge in [0.2, 0.25) is 0 Å². The van der Waals surface area contributed by atoms with Crippen molar-refractivity contribution in [2.45, 2.75) is 226 Å². The van der Waals surface area contributed by atoms with E-state index in [0.717, 1.165) is 0 Å². The van der Waals surface area contributed by atoms with Crippen LogP contribution in [-0.2, 0) is 49.4 Å². The van der Waals surface area contributed by atoms with Crippen molar-refractivity contribution in [1.29, 1.82) is 0 Å². The van der Waals surface area contributed by atoms with E-state index in [4.69, 9.17) is 54.6 Å². The standard InChI is InChI=1S/C39H95NO11Si9/c1-52(2,3)41-28-31(40-51-60(25,26)27)34(47-56(13,14)15)35(33(46-55(10,11)12)30-43-54(7,8)9)45-39-38(50-59(22,23)24)37(49-58(19,20)21)36(48-57(16,17)18)32(44-39)29-42-53(4,5)6/h32-39H,28-30H2,1-27H3/b40-31+/t32?,33-,34?,35?,36-,37?,38?,39+/m0/s1. The quantitative estimate of drug-likeness (QED) is 0.0469. The van der Waals surface area contributed by atoms with E-state index in [0.29, 0.717) is 18.9 Å². The SMILES string of the molecule is C[Si](C)(C)OC/C(=N\O[Si](C)(C)C)C(O[Si](C)(C)C)C(O[C@H]1OC(CO[Si](C)(C)C)[C@H](O[Si](C)(C)C)C(O[Si](C)(C)C)C1O[Si](C)(C)C)[C@H](CO[Si](C)(C)C)O[Si](C)(C)C. The molecule has 0 N–H and O–H groups in total. The van der Waals surface area contributed by atoms with E-state index in [1.54, 1.807) is 0 Å². The first kappa shape index (κ1) is 59.0. The first-order valence-electron chi connectivity index (χ1n) is 22.2. The molecule has 21 heteroatoms. The minimum absolute atomic E-state index is 0.226. The summed E-state index contributed by atoms with van der Waals surface area (Å²) in [5.74, 6) is 0. The molecule has 0 spiro atoms. The van der Waals surface area contributed by atoms with Gasteiger partial charge in [0.05, 0.1) is 25.9 Å². The molecule has 0 saturated carbocycles. The zero-order valence-corrected chi connectivity index (χ0v) is 52.7. The van der Waals surface area contributed by atoms with E-state index < -0.39 is 124 Å². The highest BCUT2D eigenvalue weighted by atomic mass is 28.4. The van der Waals surface area contributed by atoms with Gasteiger partial charge in [0.15, 0.2) is 72.8 Å². The van der Waals surface area contributed by atoms with E-state index >= 15 is 0 Å². The Balaban J connectivity index is 4.48. The summed E-state index contributed by atoms with van der Waals surface area (Å²) in [5, 5.41) is 4.95. The van der Waals surface area contributed by atoms with Gasteiger partial charge >= 0.3 is 0 Å². The minimum atomic E-state index is -2.35. The lowest BCUT2D eigenvalue weighted by Crippen LogP contribution is -2.68. The Morgan fingerprint density at radius 2 is 0.900 bits per heavy atom. The van der Waals surface area contributed by atoms with E-state index in [1.807, 2.05) is 0 Å². The van der Waals surface area contributed by atoms with Gasteiger partial charge in [-0.25, -0.2) is 0 Å². The molecule has 358 valence electrons. The Morgan fingerprint density at radius 3 is 1.30 bits per heavy atom. The van der Waals surface area contributed by atoms with Crippen LogP contribution in [0, 0.1) is 0 Å². The first-order valence-corrected chi connectivity index (χ1v) is 52.9. The van der Waals surface area contributed by atoms with Gasteiger partial charge < -0.3 is 49.4 Å². The summed E-state index contributed by atoms with van der Waals surface area (Å²) in [6, 6.07) is 0. The van der Waals surface area contributed by atoms with Crippen LogP contribution in [0.15, 0.2) is 5.16 Å². The normalized spacial score (nSPS) is 24.1. The highest BCUT2D eigenvalue weighted by molar-refractivity contribution is 6.72. The third-order valence-electron chi connectivity index (χ3n) is 7.78. The van der Waals surface area contributed by atoms with Crippen LogP contribution in [0.4, 0.5) is 0 Å². The molecule has 12 nitrogen and oxygen atoms in total. The molecule has 8 atom stereocenters. The topological polar surface area (TPSA) is 114 Å². The summed E-state index contributed by atoms with van der Waals surface area (Å²) >= 11 is 0. The van der Waals surface area contributed by atoms with E-state index in [1.165, 1.54) is 0 Å². The molecule has 0 aromatic carbocycles. The Labute approximate surface area is 378 Å². The van der Waals surface area contributed by atoms with Gasteiger partial charge in [-0.15, -0.1) is 5.16 Å². The summed E-state index contributed by atoms with van der Waals surface area (Å²) < 4.78 is 77.5. The molecular weight excluding hydrogens is 911 g/mol. The Morgan fingerprint density at radius 1 is 0.467 bits per heavy atom. The maximum atomic E-state index is 7.64. The van der Waals surface area contributed by atoms with Crippen molar-refractivity contribution in [3.8, 4) is 0 Å². The summed E-state index contributed by atoms with van der Waals surface area (Å²) in [7, 11) is -19.5. The van der Waals surface area contributed by atoms with Gasteiger partial charge in [-0.3, -0.25) is 0 Å². The van der Waals surface area contributed by atoms with Gasteiger partial charge in [0.1, 0.15) is 42.3 Å². The molecule has 0 aliphatic carbocycles. The van der Waals surface area contributed by atoms with Crippen LogP contribution in [0.25, 0.3) is 0 Å². The number of hydrogen-bond acceptors (Lipinski definition) is 12. The highest BCUT2D eigenvalue weighted by Crippen LogP contribution is 2.37. The van der Waals surface area contributed by atoms with Crippen LogP contribution < -0.4 is 0 Å². The lowest BCUT2D eigenvalue weighted by molar-refractivity contribution is -0.312. The molecule has 0 aromatic rings. The van der Waals surface area contributed by atoms with Gasteiger partial charge in [0, 0.05) is 0 Å². The molecule has 1 rings (SSSR count). The number of ether oxygens (including phenoxy) is 2. The van der Waals surface area contributed by atoms with Crippen LogP contribution in [0.3, 0.4) is 0 Å². The fourth-order valence-electron chi connectivity index (χ4n) is 5.92. The minimum Gasteiger partial charge on any atom is -0.456 e. The molecule has 0 radical (unpaired) electrons. The molecule has 0 bridgehead atoms. The highest BCUT2D eigenvalue weighted by Gasteiger charge is 2.54. The number of rotatable bonds is 26. The molecule has 5 unspecified atom stereocenters. The number of nitrogens with zero attached hydrogens (tertiary/aromatic N) is 1. The second-order valence-corrected chi connectivity index (χ2v) is 65.4. The van der Waals surface area contributed by atoms with Crippen molar-refractivity contribution in [1.82, 2.24) is 0 Å². The lowest BCUT2D eigenvalue weighted by Gasteiger charge is -2.52. The zero-order chi connectivity index (χ0) is 47.3. The summed E-state index contributed by atoms with van der Waals surface area (Å²) in [4.78, 5) is 0. The Bertz CT molecular complexity index is 1320. The van der Waals surface area contributed by atoms with Gasteiger partial charge in [-0.1, -0.05) is 0 Å². The van der Waals surface area contributed by atoms with Crippen LogP contribution >= 0.6 is 0 Å². The van der Waals surface area contributed by atoms with Crippen LogP contribution in [0.1, 0.15) is 0 Å². The van der Waals surface area contributed by atoms with E-state index in [-0.39, 0.29) is 6.61 Å². The van der Waals surface area contributed by atoms with Gasteiger partial charge in [-0.2, -0.15) is 0 Å². The lowest BCUT2D eigenvalue weighted by atomic mass is 9.98. The Kier molecular flexibility index (Phi) is 21.9. The van der Waals surface area contributed by atoms with E-state index in [2.05, 4.69) is 177 Å². The average Bonchev–Trinajstić information content (AvgIpc) is 2.94. The van der Waals surface area contributed by atoms with Crippen LogP contribution in [0.5, 0.6) is 0 Å². The molecule has 1 heterocycles. The van der Waals surface area contributed by atoms with Gasteiger partial charge in [0.25, 0.3) is 8.32 Å². The fraction of sp³-hybridized carbons (Fsp3) is 0.974. The number of hydrogen-bond donors (Lipinski definition) is 0. The molecule has 0 amide bonds. The molecule has 1 aliphatic heterocycles. The predicted octanol–water partition coefficient (Wildman–Crippen LogP) is 11.0. The molecule has 1 saturated heterocycles. The van der Waals surface area contributed by atoms with Crippen LogP contribution in [-0.4, -0.2) is 149 Å². The van der Waals surface area contributed by atoms with Crippen molar-refractivity contribution >= 4 is 80.6 Å². The second kappa shape index (κ2) is 22.2. The van der Waals surface area contributed by atoms with Crippen molar-refractivity contribution in [3.63, 3.8) is 0 Å². The summed E-state index contributed by atoms with van der Waals surface area (Å²) in [6.07, 6.45) is -5.03. The average molecular weight is 1010 g/mol. The molecule has 1 aliphatic rings. The molecule has 60 heavy (non-hydrogen) atoms. The Hall–Kier alpha value is 1.02.